The second kappa shape index (κ2) is 8.03. The first-order chi connectivity index (χ1) is 13.5. The van der Waals surface area contributed by atoms with Crippen molar-refractivity contribution in [2.75, 3.05) is 49.1 Å². The minimum atomic E-state index is 0.107. The zero-order valence-electron chi connectivity index (χ0n) is 16.9. The van der Waals surface area contributed by atoms with E-state index in [0.717, 1.165) is 59.2 Å². The van der Waals surface area contributed by atoms with Gasteiger partial charge in [0.05, 0.1) is 10.7 Å². The zero-order valence-corrected chi connectivity index (χ0v) is 17.8. The molecule has 0 aromatic carbocycles. The van der Waals surface area contributed by atoms with Crippen LogP contribution >= 0.6 is 11.3 Å². The number of anilines is 2. The van der Waals surface area contributed by atoms with Gasteiger partial charge in [0.25, 0.3) is 5.91 Å². The molecule has 4 rings (SSSR count). The van der Waals surface area contributed by atoms with Gasteiger partial charge in [-0.3, -0.25) is 4.79 Å². The van der Waals surface area contributed by atoms with E-state index < -0.39 is 0 Å². The second-order valence-electron chi connectivity index (χ2n) is 7.64. The Morgan fingerprint density at radius 3 is 2.25 bits per heavy atom. The first-order valence-corrected chi connectivity index (χ1v) is 10.9. The third kappa shape index (κ3) is 3.97. The van der Waals surface area contributed by atoms with Crippen molar-refractivity contribution in [2.24, 2.45) is 0 Å². The van der Waals surface area contributed by atoms with E-state index in [0.29, 0.717) is 13.1 Å². The Balaban J connectivity index is 1.44. The highest BCUT2D eigenvalue weighted by Gasteiger charge is 2.26. The average Bonchev–Trinajstić information content (AvgIpc) is 3.06. The summed E-state index contributed by atoms with van der Waals surface area (Å²) in [4.78, 5) is 34.0. The van der Waals surface area contributed by atoms with Crippen LogP contribution in [0.3, 0.4) is 0 Å². The van der Waals surface area contributed by atoms with Crippen molar-refractivity contribution in [1.82, 2.24) is 19.9 Å². The van der Waals surface area contributed by atoms with Gasteiger partial charge in [-0.2, -0.15) is 4.98 Å². The van der Waals surface area contributed by atoms with Crippen LogP contribution in [0.2, 0.25) is 0 Å². The molecular weight excluding hydrogens is 372 g/mol. The number of nitrogens with zero attached hydrogens (tertiary/aromatic N) is 6. The Morgan fingerprint density at radius 1 is 0.893 bits per heavy atom. The number of piperidine rings is 1. The van der Waals surface area contributed by atoms with Crippen LogP contribution in [-0.4, -0.2) is 65.0 Å². The highest BCUT2D eigenvalue weighted by molar-refractivity contribution is 7.13. The molecule has 4 heterocycles. The van der Waals surface area contributed by atoms with Crippen LogP contribution in [0.1, 0.15) is 45.3 Å². The number of carbonyl (C=O) groups is 1. The molecule has 0 radical (unpaired) electrons. The van der Waals surface area contributed by atoms with Gasteiger partial charge < -0.3 is 14.7 Å². The minimum Gasteiger partial charge on any atom is -0.353 e. The Kier molecular flexibility index (Phi) is 5.48. The van der Waals surface area contributed by atoms with Crippen molar-refractivity contribution in [2.45, 2.75) is 40.0 Å². The summed E-state index contributed by atoms with van der Waals surface area (Å²) in [5.74, 6) is 1.93. The number of carbonyl (C=O) groups excluding carboxylic acids is 1. The van der Waals surface area contributed by atoms with Crippen LogP contribution in [-0.2, 0) is 0 Å². The molecule has 2 aliphatic rings. The fraction of sp³-hybridized carbons (Fsp3) is 0.600. The SMILES string of the molecule is Cc1cc(N2CCN(C(=O)c3sc(C)nc3C)CC2)nc(N2CCCCC2)n1. The van der Waals surface area contributed by atoms with Crippen LogP contribution in [0.15, 0.2) is 6.07 Å². The molecule has 0 saturated carbocycles. The number of piperazine rings is 1. The van der Waals surface area contributed by atoms with Gasteiger partial charge in [-0.15, -0.1) is 11.3 Å². The van der Waals surface area contributed by atoms with Crippen LogP contribution in [0.25, 0.3) is 0 Å². The van der Waals surface area contributed by atoms with Gasteiger partial charge in [0.15, 0.2) is 0 Å². The summed E-state index contributed by atoms with van der Waals surface area (Å²) in [5.41, 5.74) is 1.84. The number of amides is 1. The van der Waals surface area contributed by atoms with E-state index in [1.54, 1.807) is 0 Å². The van der Waals surface area contributed by atoms with Gasteiger partial charge in [-0.25, -0.2) is 9.97 Å². The molecular formula is C20H28N6OS. The van der Waals surface area contributed by atoms with Crippen LogP contribution in [0, 0.1) is 20.8 Å². The summed E-state index contributed by atoms with van der Waals surface area (Å²) in [5, 5.41) is 0.946. The quantitative estimate of drug-likeness (QED) is 0.789. The molecule has 0 bridgehead atoms. The van der Waals surface area contributed by atoms with Crippen molar-refractivity contribution in [3.05, 3.63) is 27.3 Å². The van der Waals surface area contributed by atoms with Crippen LogP contribution in [0.5, 0.6) is 0 Å². The highest BCUT2D eigenvalue weighted by atomic mass is 32.1. The number of hydrogen-bond donors (Lipinski definition) is 0. The lowest BCUT2D eigenvalue weighted by molar-refractivity contribution is 0.0750. The molecule has 2 aromatic heterocycles. The Labute approximate surface area is 170 Å². The molecule has 7 nitrogen and oxygen atoms in total. The normalized spacial score (nSPS) is 17.9. The predicted molar refractivity (Wildman–Crippen MR) is 113 cm³/mol. The van der Waals surface area contributed by atoms with E-state index in [2.05, 4.69) is 25.8 Å². The maximum absolute atomic E-state index is 12.8. The number of aryl methyl sites for hydroxylation is 3. The molecule has 28 heavy (non-hydrogen) atoms. The van der Waals surface area contributed by atoms with Gasteiger partial charge >= 0.3 is 0 Å². The molecule has 2 fully saturated rings. The molecule has 0 atom stereocenters. The molecule has 0 N–H and O–H groups in total. The van der Waals surface area contributed by atoms with Gasteiger partial charge in [-0.05, 0) is 40.0 Å². The predicted octanol–water partition coefficient (Wildman–Crippen LogP) is 2.81. The molecule has 2 saturated heterocycles. The van der Waals surface area contributed by atoms with Gasteiger partial charge in [-0.1, -0.05) is 0 Å². The summed E-state index contributed by atoms with van der Waals surface area (Å²) in [7, 11) is 0. The Bertz CT molecular complexity index is 852. The smallest absolute Gasteiger partial charge is 0.265 e. The van der Waals surface area contributed by atoms with Crippen molar-refractivity contribution in [3.8, 4) is 0 Å². The molecule has 0 aliphatic carbocycles. The summed E-state index contributed by atoms with van der Waals surface area (Å²) < 4.78 is 0. The number of rotatable bonds is 3. The van der Waals surface area contributed by atoms with E-state index in [-0.39, 0.29) is 5.91 Å². The molecule has 8 heteroatoms. The molecule has 0 spiro atoms. The van der Waals surface area contributed by atoms with Crippen LogP contribution in [0.4, 0.5) is 11.8 Å². The van der Waals surface area contributed by atoms with E-state index in [1.165, 1.54) is 30.6 Å². The molecule has 1 amide bonds. The Hall–Kier alpha value is -2.22. The summed E-state index contributed by atoms with van der Waals surface area (Å²) >= 11 is 1.49. The lowest BCUT2D eigenvalue weighted by Gasteiger charge is -2.36. The van der Waals surface area contributed by atoms with E-state index in [4.69, 9.17) is 4.98 Å². The van der Waals surface area contributed by atoms with E-state index >= 15 is 0 Å². The average molecular weight is 401 g/mol. The van der Waals surface area contributed by atoms with Crippen molar-refractivity contribution in [3.63, 3.8) is 0 Å². The fourth-order valence-electron chi connectivity index (χ4n) is 3.95. The summed E-state index contributed by atoms with van der Waals surface area (Å²) in [6.45, 7) is 11.0. The zero-order chi connectivity index (χ0) is 19.7. The van der Waals surface area contributed by atoms with Gasteiger partial charge in [0.1, 0.15) is 10.7 Å². The third-order valence-corrected chi connectivity index (χ3v) is 6.52. The first kappa shape index (κ1) is 19.1. The standard InChI is InChI=1S/C20H28N6OS/c1-14-13-17(23-20(21-14)26-7-5-4-6-8-26)24-9-11-25(12-10-24)19(27)18-15(2)22-16(3)28-18/h13H,4-12H2,1-3H3. The first-order valence-electron chi connectivity index (χ1n) is 10.1. The molecule has 2 aromatic rings. The number of aromatic nitrogens is 3. The van der Waals surface area contributed by atoms with E-state index in [1.807, 2.05) is 25.7 Å². The number of hydrogen-bond acceptors (Lipinski definition) is 7. The largest absolute Gasteiger partial charge is 0.353 e. The highest BCUT2D eigenvalue weighted by Crippen LogP contribution is 2.23. The van der Waals surface area contributed by atoms with Crippen molar-refractivity contribution >= 4 is 29.0 Å². The van der Waals surface area contributed by atoms with Crippen molar-refractivity contribution < 1.29 is 4.79 Å². The third-order valence-electron chi connectivity index (χ3n) is 5.46. The lowest BCUT2D eigenvalue weighted by Crippen LogP contribution is -2.49. The lowest BCUT2D eigenvalue weighted by atomic mass is 10.1. The maximum Gasteiger partial charge on any atom is 0.265 e. The fourth-order valence-corrected chi connectivity index (χ4v) is 4.83. The van der Waals surface area contributed by atoms with Crippen molar-refractivity contribution in [1.29, 1.82) is 0 Å². The van der Waals surface area contributed by atoms with Crippen LogP contribution < -0.4 is 9.80 Å². The minimum absolute atomic E-state index is 0.107. The van der Waals surface area contributed by atoms with E-state index in [9.17, 15) is 4.79 Å². The molecule has 0 unspecified atom stereocenters. The topological polar surface area (TPSA) is 65.5 Å². The monoisotopic (exact) mass is 400 g/mol. The van der Waals surface area contributed by atoms with Gasteiger partial charge in [0.2, 0.25) is 5.95 Å². The number of thiazole rings is 1. The second-order valence-corrected chi connectivity index (χ2v) is 8.85. The summed E-state index contributed by atoms with van der Waals surface area (Å²) in [6.07, 6.45) is 3.72. The summed E-state index contributed by atoms with van der Waals surface area (Å²) in [6, 6.07) is 2.06. The molecule has 150 valence electrons. The van der Waals surface area contributed by atoms with Gasteiger partial charge in [0, 0.05) is 51.0 Å². The maximum atomic E-state index is 12.8. The molecule has 2 aliphatic heterocycles. The Morgan fingerprint density at radius 2 is 1.61 bits per heavy atom.